The normalized spacial score (nSPS) is 17.2. The Kier molecular flexibility index (Phi) is 9.26. The van der Waals surface area contributed by atoms with Gasteiger partial charge in [0.15, 0.2) is 0 Å². The second kappa shape index (κ2) is 12.0. The summed E-state index contributed by atoms with van der Waals surface area (Å²) in [5, 5.41) is 9.76. The van der Waals surface area contributed by atoms with Crippen molar-refractivity contribution in [2.24, 2.45) is 0 Å². The van der Waals surface area contributed by atoms with Crippen molar-refractivity contribution in [3.8, 4) is 5.75 Å². The molecule has 10 nitrogen and oxygen atoms in total. The third-order valence-corrected chi connectivity index (χ3v) is 5.56. The van der Waals surface area contributed by atoms with E-state index in [1.165, 1.54) is 12.0 Å². The van der Waals surface area contributed by atoms with E-state index in [4.69, 9.17) is 14.2 Å². The minimum absolute atomic E-state index is 0.00601. The Morgan fingerprint density at radius 2 is 1.92 bits per heavy atom. The molecular formula is C25H34F3N5O5. The van der Waals surface area contributed by atoms with Gasteiger partial charge in [-0.1, -0.05) is 12.1 Å². The molecule has 0 radical (unpaired) electrons. The van der Waals surface area contributed by atoms with E-state index >= 15 is 0 Å². The lowest BCUT2D eigenvalue weighted by Crippen LogP contribution is -2.55. The standard InChI is InChI=1S/C25H34F3N5O5/c1-16(15-37-20-14-32(11-10-29-20)23(35)38-24(2,3)4)31-19-12-30-33(22(34)21(19)25(26,27)28)13-17-6-8-18(36-5)9-7-17/h6-9,12,16,20,29,31H,10-11,13-15H2,1-5H3. The highest BCUT2D eigenvalue weighted by Gasteiger charge is 2.38. The Hall–Kier alpha value is -3.32. The molecule has 1 saturated heterocycles. The number of anilines is 1. The molecule has 2 unspecified atom stereocenters. The van der Waals surface area contributed by atoms with Crippen LogP contribution in [0.15, 0.2) is 35.3 Å². The van der Waals surface area contributed by atoms with Crippen LogP contribution in [0.5, 0.6) is 5.75 Å². The van der Waals surface area contributed by atoms with Crippen LogP contribution in [0, 0.1) is 0 Å². The number of carbonyl (C=O) groups excluding carboxylic acids is 1. The highest BCUT2D eigenvalue weighted by molar-refractivity contribution is 5.68. The van der Waals surface area contributed by atoms with Crippen LogP contribution >= 0.6 is 0 Å². The lowest BCUT2D eigenvalue weighted by atomic mass is 10.2. The van der Waals surface area contributed by atoms with Crippen LogP contribution in [0.1, 0.15) is 38.8 Å². The number of methoxy groups -OCH3 is 1. The Morgan fingerprint density at radius 3 is 2.53 bits per heavy atom. The van der Waals surface area contributed by atoms with Gasteiger partial charge in [0.2, 0.25) is 0 Å². The van der Waals surface area contributed by atoms with Gasteiger partial charge >= 0.3 is 12.3 Å². The Labute approximate surface area is 219 Å². The summed E-state index contributed by atoms with van der Waals surface area (Å²) >= 11 is 0. The van der Waals surface area contributed by atoms with E-state index in [1.54, 1.807) is 52.0 Å². The molecule has 1 aliphatic heterocycles. The molecule has 2 aromatic rings. The number of carbonyl (C=O) groups is 1. The fourth-order valence-corrected chi connectivity index (χ4v) is 3.78. The van der Waals surface area contributed by atoms with Gasteiger partial charge in [-0.25, -0.2) is 9.48 Å². The van der Waals surface area contributed by atoms with E-state index in [9.17, 15) is 22.8 Å². The second-order valence-electron chi connectivity index (χ2n) is 9.99. The number of nitrogens with zero attached hydrogens (tertiary/aromatic N) is 3. The van der Waals surface area contributed by atoms with Crippen molar-refractivity contribution >= 4 is 11.8 Å². The number of hydrogen-bond acceptors (Lipinski definition) is 8. The van der Waals surface area contributed by atoms with Gasteiger partial charge < -0.3 is 24.4 Å². The fraction of sp³-hybridized carbons (Fsp3) is 0.560. The third-order valence-electron chi connectivity index (χ3n) is 5.56. The van der Waals surface area contributed by atoms with Crippen molar-refractivity contribution in [1.29, 1.82) is 0 Å². The van der Waals surface area contributed by atoms with Crippen molar-refractivity contribution in [1.82, 2.24) is 20.0 Å². The first-order chi connectivity index (χ1) is 17.8. The Morgan fingerprint density at radius 1 is 1.24 bits per heavy atom. The van der Waals surface area contributed by atoms with E-state index < -0.39 is 47.0 Å². The maximum Gasteiger partial charge on any atom is 0.423 e. The van der Waals surface area contributed by atoms with Crippen LogP contribution in [0.3, 0.4) is 0 Å². The summed E-state index contributed by atoms with van der Waals surface area (Å²) in [6.45, 7) is 7.95. The first kappa shape index (κ1) is 29.2. The predicted molar refractivity (Wildman–Crippen MR) is 134 cm³/mol. The number of alkyl halides is 3. The van der Waals surface area contributed by atoms with Crippen LogP contribution in [0.25, 0.3) is 0 Å². The zero-order chi connectivity index (χ0) is 28.1. The number of benzene rings is 1. The molecule has 1 aliphatic rings. The summed E-state index contributed by atoms with van der Waals surface area (Å²) in [4.78, 5) is 26.6. The van der Waals surface area contributed by atoms with Crippen molar-refractivity contribution < 1.29 is 32.2 Å². The maximum absolute atomic E-state index is 13.9. The molecule has 0 spiro atoms. The van der Waals surface area contributed by atoms with Crippen LogP contribution < -0.4 is 20.9 Å². The molecule has 3 rings (SSSR count). The molecule has 38 heavy (non-hydrogen) atoms. The molecule has 1 fully saturated rings. The summed E-state index contributed by atoms with van der Waals surface area (Å²) in [5.74, 6) is 0.585. The summed E-state index contributed by atoms with van der Waals surface area (Å²) in [6, 6.07) is 5.99. The van der Waals surface area contributed by atoms with E-state index in [2.05, 4.69) is 15.7 Å². The van der Waals surface area contributed by atoms with Gasteiger partial charge in [-0.3, -0.25) is 10.1 Å². The van der Waals surface area contributed by atoms with Gasteiger partial charge in [0.05, 0.1) is 38.7 Å². The number of ether oxygens (including phenoxy) is 3. The van der Waals surface area contributed by atoms with Gasteiger partial charge in [-0.2, -0.15) is 18.3 Å². The number of piperazine rings is 1. The molecule has 210 valence electrons. The Balaban J connectivity index is 1.65. The molecule has 2 heterocycles. The predicted octanol–water partition coefficient (Wildman–Crippen LogP) is 3.30. The molecule has 0 aliphatic carbocycles. The first-order valence-electron chi connectivity index (χ1n) is 12.2. The zero-order valence-electron chi connectivity index (χ0n) is 22.1. The SMILES string of the molecule is COc1ccc(Cn2ncc(NC(C)COC3CN(C(=O)OC(C)(C)C)CCN3)c(C(F)(F)F)c2=O)cc1. The maximum atomic E-state index is 13.9. The van der Waals surface area contributed by atoms with Gasteiger partial charge in [0.1, 0.15) is 23.1 Å². The molecule has 0 bridgehead atoms. The average Bonchev–Trinajstić information content (AvgIpc) is 2.83. The summed E-state index contributed by atoms with van der Waals surface area (Å²) in [6.07, 6.45) is -4.90. The minimum atomic E-state index is -4.90. The average molecular weight is 542 g/mol. The molecule has 1 amide bonds. The van der Waals surface area contributed by atoms with Crippen LogP contribution in [0.2, 0.25) is 0 Å². The molecule has 2 atom stereocenters. The van der Waals surface area contributed by atoms with E-state index in [0.29, 0.717) is 24.4 Å². The van der Waals surface area contributed by atoms with Crippen LogP contribution in [-0.4, -0.2) is 72.0 Å². The number of rotatable bonds is 8. The highest BCUT2D eigenvalue weighted by atomic mass is 19.4. The summed E-state index contributed by atoms with van der Waals surface area (Å²) in [7, 11) is 1.50. The molecular weight excluding hydrogens is 507 g/mol. The summed E-state index contributed by atoms with van der Waals surface area (Å²) in [5.41, 5.74) is -3.06. The zero-order valence-corrected chi connectivity index (χ0v) is 22.1. The first-order valence-corrected chi connectivity index (χ1v) is 12.2. The number of aromatic nitrogens is 2. The lowest BCUT2D eigenvalue weighted by Gasteiger charge is -2.35. The highest BCUT2D eigenvalue weighted by Crippen LogP contribution is 2.32. The monoisotopic (exact) mass is 541 g/mol. The molecule has 0 saturated carbocycles. The number of amides is 1. The van der Waals surface area contributed by atoms with Gasteiger partial charge in [-0.15, -0.1) is 0 Å². The van der Waals surface area contributed by atoms with Crippen LogP contribution in [0.4, 0.5) is 23.7 Å². The van der Waals surface area contributed by atoms with Gasteiger partial charge in [-0.05, 0) is 45.4 Å². The molecule has 1 aromatic heterocycles. The van der Waals surface area contributed by atoms with Crippen molar-refractivity contribution in [3.05, 3.63) is 51.9 Å². The van der Waals surface area contributed by atoms with Crippen molar-refractivity contribution in [2.75, 3.05) is 38.7 Å². The van der Waals surface area contributed by atoms with Crippen LogP contribution in [-0.2, 0) is 22.2 Å². The smallest absolute Gasteiger partial charge is 0.423 e. The lowest BCUT2D eigenvalue weighted by molar-refractivity contribution is -0.138. The minimum Gasteiger partial charge on any atom is -0.497 e. The third kappa shape index (κ3) is 8.09. The van der Waals surface area contributed by atoms with E-state index in [0.717, 1.165) is 10.9 Å². The number of halogens is 3. The Bertz CT molecular complexity index is 1150. The second-order valence-corrected chi connectivity index (χ2v) is 9.99. The molecule has 1 aromatic carbocycles. The molecule has 2 N–H and O–H groups in total. The van der Waals surface area contributed by atoms with E-state index in [1.807, 2.05) is 0 Å². The number of hydrogen-bond donors (Lipinski definition) is 2. The fourth-order valence-electron chi connectivity index (χ4n) is 3.78. The van der Waals surface area contributed by atoms with Crippen molar-refractivity contribution in [3.63, 3.8) is 0 Å². The quantitative estimate of drug-likeness (QED) is 0.525. The van der Waals surface area contributed by atoms with E-state index in [-0.39, 0.29) is 19.7 Å². The number of nitrogens with one attached hydrogen (secondary N) is 2. The van der Waals surface area contributed by atoms with Gasteiger partial charge in [0.25, 0.3) is 5.56 Å². The summed E-state index contributed by atoms with van der Waals surface area (Å²) < 4.78 is 58.7. The topological polar surface area (TPSA) is 107 Å². The van der Waals surface area contributed by atoms with Crippen molar-refractivity contribution in [2.45, 2.75) is 58.3 Å². The largest absolute Gasteiger partial charge is 0.497 e. The molecule has 13 heteroatoms. The van der Waals surface area contributed by atoms with Gasteiger partial charge in [0, 0.05) is 19.1 Å².